The van der Waals surface area contributed by atoms with Gasteiger partial charge in [-0.25, -0.2) is 0 Å². The minimum absolute atomic E-state index is 0.111. The Kier molecular flexibility index (Phi) is 4.15. The van der Waals surface area contributed by atoms with Crippen LogP contribution in [-0.2, 0) is 0 Å². The van der Waals surface area contributed by atoms with E-state index < -0.39 is 0 Å². The van der Waals surface area contributed by atoms with Crippen LogP contribution < -0.4 is 5.73 Å². The number of aromatic nitrogens is 2. The van der Waals surface area contributed by atoms with E-state index in [0.717, 1.165) is 12.2 Å². The van der Waals surface area contributed by atoms with Crippen molar-refractivity contribution in [1.29, 1.82) is 0 Å². The zero-order valence-corrected chi connectivity index (χ0v) is 10.9. The Morgan fingerprint density at radius 2 is 2.00 bits per heavy atom. The Labute approximate surface area is 103 Å². The van der Waals surface area contributed by atoms with Gasteiger partial charge in [-0.15, -0.1) is 0 Å². The highest BCUT2D eigenvalue weighted by atomic mass is 16.5. The van der Waals surface area contributed by atoms with Crippen molar-refractivity contribution in [3.8, 4) is 0 Å². The van der Waals surface area contributed by atoms with Gasteiger partial charge in [0.25, 0.3) is 0 Å². The van der Waals surface area contributed by atoms with Crippen molar-refractivity contribution in [3.05, 3.63) is 11.7 Å². The highest BCUT2D eigenvalue weighted by molar-refractivity contribution is 4.99. The van der Waals surface area contributed by atoms with Crippen molar-refractivity contribution in [2.45, 2.75) is 64.3 Å². The first-order chi connectivity index (χ1) is 8.16. The summed E-state index contributed by atoms with van der Waals surface area (Å²) in [5.41, 5.74) is 6.04. The van der Waals surface area contributed by atoms with Crippen LogP contribution in [0.1, 0.15) is 76.0 Å². The van der Waals surface area contributed by atoms with E-state index >= 15 is 0 Å². The minimum atomic E-state index is -0.111. The van der Waals surface area contributed by atoms with Gasteiger partial charge in [0.05, 0.1) is 6.04 Å². The van der Waals surface area contributed by atoms with Gasteiger partial charge in [-0.3, -0.25) is 0 Å². The van der Waals surface area contributed by atoms with E-state index in [2.05, 4.69) is 24.0 Å². The lowest BCUT2D eigenvalue weighted by molar-refractivity contribution is 0.326. The molecular weight excluding hydrogens is 214 g/mol. The molecule has 2 N–H and O–H groups in total. The van der Waals surface area contributed by atoms with Crippen LogP contribution >= 0.6 is 0 Å². The molecule has 1 fully saturated rings. The molecule has 0 aliphatic heterocycles. The molecule has 0 spiro atoms. The van der Waals surface area contributed by atoms with Gasteiger partial charge in [-0.05, 0) is 25.2 Å². The molecule has 0 radical (unpaired) electrons. The summed E-state index contributed by atoms with van der Waals surface area (Å²) in [5.74, 6) is 2.53. The van der Waals surface area contributed by atoms with Crippen molar-refractivity contribution in [2.24, 2.45) is 11.7 Å². The zero-order chi connectivity index (χ0) is 12.3. The first kappa shape index (κ1) is 12.6. The van der Waals surface area contributed by atoms with Gasteiger partial charge >= 0.3 is 0 Å². The van der Waals surface area contributed by atoms with E-state index in [-0.39, 0.29) is 6.04 Å². The maximum atomic E-state index is 6.04. The quantitative estimate of drug-likeness (QED) is 0.873. The molecule has 1 heterocycles. The zero-order valence-electron chi connectivity index (χ0n) is 10.9. The predicted molar refractivity (Wildman–Crippen MR) is 66.5 cm³/mol. The number of nitrogens with zero attached hydrogens (tertiary/aromatic N) is 2. The second-order valence-electron chi connectivity index (χ2n) is 5.56. The highest BCUT2D eigenvalue weighted by Gasteiger charge is 2.23. The lowest BCUT2D eigenvalue weighted by atomic mass is 9.89. The van der Waals surface area contributed by atoms with E-state index in [9.17, 15) is 0 Å². The number of nitrogens with two attached hydrogens (primary N) is 1. The smallest absolute Gasteiger partial charge is 0.243 e. The van der Waals surface area contributed by atoms with E-state index in [1.807, 2.05) is 0 Å². The first-order valence-electron chi connectivity index (χ1n) is 6.76. The van der Waals surface area contributed by atoms with Crippen LogP contribution in [0.15, 0.2) is 4.52 Å². The average Bonchev–Trinajstić information content (AvgIpc) is 2.78. The fourth-order valence-electron chi connectivity index (χ4n) is 2.53. The summed E-state index contributed by atoms with van der Waals surface area (Å²) in [5, 5.41) is 4.10. The predicted octanol–water partition coefficient (Wildman–Crippen LogP) is 3.16. The number of hydrogen-bond donors (Lipinski definition) is 1. The Hall–Kier alpha value is -0.900. The van der Waals surface area contributed by atoms with Gasteiger partial charge in [-0.1, -0.05) is 38.3 Å². The second-order valence-corrected chi connectivity index (χ2v) is 5.56. The van der Waals surface area contributed by atoms with Crippen LogP contribution in [0.25, 0.3) is 0 Å². The molecule has 1 atom stereocenters. The van der Waals surface area contributed by atoms with Gasteiger partial charge < -0.3 is 10.3 Å². The molecule has 1 aromatic heterocycles. The van der Waals surface area contributed by atoms with Crippen molar-refractivity contribution in [3.63, 3.8) is 0 Å². The molecule has 1 unspecified atom stereocenters. The molecule has 0 bridgehead atoms. The third-order valence-electron chi connectivity index (χ3n) is 3.47. The SMILES string of the molecule is CC(C)CC(N)c1nc(C2CCCCC2)no1. The molecule has 1 aliphatic carbocycles. The summed E-state index contributed by atoms with van der Waals surface area (Å²) < 4.78 is 5.29. The fourth-order valence-corrected chi connectivity index (χ4v) is 2.53. The van der Waals surface area contributed by atoms with Crippen LogP contribution in [-0.4, -0.2) is 10.1 Å². The summed E-state index contributed by atoms with van der Waals surface area (Å²) >= 11 is 0. The molecule has 1 saturated carbocycles. The van der Waals surface area contributed by atoms with Gasteiger partial charge in [0.15, 0.2) is 5.82 Å². The van der Waals surface area contributed by atoms with Crippen LogP contribution in [0.4, 0.5) is 0 Å². The van der Waals surface area contributed by atoms with Gasteiger partial charge in [-0.2, -0.15) is 4.98 Å². The fraction of sp³-hybridized carbons (Fsp3) is 0.846. The molecule has 1 aliphatic rings. The molecule has 2 rings (SSSR count). The van der Waals surface area contributed by atoms with Crippen LogP contribution in [0.3, 0.4) is 0 Å². The second kappa shape index (κ2) is 5.63. The molecule has 96 valence electrons. The molecule has 0 aromatic carbocycles. The van der Waals surface area contributed by atoms with Crippen LogP contribution in [0.5, 0.6) is 0 Å². The van der Waals surface area contributed by atoms with Crippen LogP contribution in [0.2, 0.25) is 0 Å². The third-order valence-corrected chi connectivity index (χ3v) is 3.47. The summed E-state index contributed by atoms with van der Waals surface area (Å²) in [6.45, 7) is 4.30. The molecule has 4 nitrogen and oxygen atoms in total. The van der Waals surface area contributed by atoms with Gasteiger partial charge in [0, 0.05) is 5.92 Å². The Balaban J connectivity index is 1.99. The number of rotatable bonds is 4. The highest BCUT2D eigenvalue weighted by Crippen LogP contribution is 2.31. The third kappa shape index (κ3) is 3.28. The van der Waals surface area contributed by atoms with E-state index in [0.29, 0.717) is 17.7 Å². The minimum Gasteiger partial charge on any atom is -0.338 e. The lowest BCUT2D eigenvalue weighted by Gasteiger charge is -2.17. The van der Waals surface area contributed by atoms with Gasteiger partial charge in [0.1, 0.15) is 0 Å². The summed E-state index contributed by atoms with van der Waals surface area (Å²) in [7, 11) is 0. The molecule has 17 heavy (non-hydrogen) atoms. The van der Waals surface area contributed by atoms with E-state index in [1.54, 1.807) is 0 Å². The summed E-state index contributed by atoms with van der Waals surface area (Å²) in [6, 6.07) is -0.111. The largest absolute Gasteiger partial charge is 0.338 e. The summed E-state index contributed by atoms with van der Waals surface area (Å²) in [4.78, 5) is 4.48. The number of hydrogen-bond acceptors (Lipinski definition) is 4. The average molecular weight is 237 g/mol. The van der Waals surface area contributed by atoms with Gasteiger partial charge in [0.2, 0.25) is 5.89 Å². The molecule has 0 amide bonds. The lowest BCUT2D eigenvalue weighted by Crippen LogP contribution is -2.13. The van der Waals surface area contributed by atoms with Crippen molar-refractivity contribution < 1.29 is 4.52 Å². The van der Waals surface area contributed by atoms with Crippen molar-refractivity contribution in [2.75, 3.05) is 0 Å². The first-order valence-corrected chi connectivity index (χ1v) is 6.76. The molecule has 4 heteroatoms. The topological polar surface area (TPSA) is 64.9 Å². The Morgan fingerprint density at radius 1 is 1.29 bits per heavy atom. The molecule has 0 saturated heterocycles. The van der Waals surface area contributed by atoms with E-state index in [4.69, 9.17) is 10.3 Å². The van der Waals surface area contributed by atoms with Crippen molar-refractivity contribution in [1.82, 2.24) is 10.1 Å². The standard InChI is InChI=1S/C13H23N3O/c1-9(2)8-11(14)13-15-12(16-17-13)10-6-4-3-5-7-10/h9-11H,3-8,14H2,1-2H3. The Bertz CT molecular complexity index is 342. The van der Waals surface area contributed by atoms with E-state index in [1.165, 1.54) is 32.1 Å². The monoisotopic (exact) mass is 237 g/mol. The summed E-state index contributed by atoms with van der Waals surface area (Å²) in [6.07, 6.45) is 7.19. The van der Waals surface area contributed by atoms with Crippen LogP contribution in [0, 0.1) is 5.92 Å². The maximum Gasteiger partial charge on any atom is 0.243 e. The molecular formula is C13H23N3O. The molecule has 1 aromatic rings. The Morgan fingerprint density at radius 3 is 2.65 bits per heavy atom. The maximum absolute atomic E-state index is 6.04. The van der Waals surface area contributed by atoms with Crippen molar-refractivity contribution >= 4 is 0 Å². The normalized spacial score (nSPS) is 19.8.